The van der Waals surface area contributed by atoms with Gasteiger partial charge < -0.3 is 20.4 Å². The average Bonchev–Trinajstić information content (AvgIpc) is 2.52. The highest BCUT2D eigenvalue weighted by molar-refractivity contribution is 6.02. The van der Waals surface area contributed by atoms with Crippen molar-refractivity contribution in [3.8, 4) is 0 Å². The summed E-state index contributed by atoms with van der Waals surface area (Å²) in [6, 6.07) is 7.29. The first kappa shape index (κ1) is 18.5. The van der Waals surface area contributed by atoms with Crippen molar-refractivity contribution in [2.75, 3.05) is 32.6 Å². The Morgan fingerprint density at radius 3 is 2.61 bits per heavy atom. The Morgan fingerprint density at radius 2 is 2.04 bits per heavy atom. The second-order valence-corrected chi connectivity index (χ2v) is 5.18. The minimum atomic E-state index is -0.191. The van der Waals surface area contributed by atoms with Crippen molar-refractivity contribution in [2.24, 2.45) is 5.10 Å². The molecule has 6 heteroatoms. The van der Waals surface area contributed by atoms with Gasteiger partial charge >= 0.3 is 6.03 Å². The van der Waals surface area contributed by atoms with Gasteiger partial charge in [-0.2, -0.15) is 5.10 Å². The standard InChI is InChI=1S/C17H26N4O2/c1-5-7-12-18-17(22)19-15-10-8-14(9-11-15)16(13-23-6-2)20-21(3)4/h6,8-11H,2,5,7,12-13H2,1,3-4H3,(H2,18,19,22)/b20-16+. The summed E-state index contributed by atoms with van der Waals surface area (Å²) in [4.78, 5) is 11.7. The Balaban J connectivity index is 2.69. The molecule has 0 unspecified atom stereocenters. The zero-order valence-corrected chi connectivity index (χ0v) is 14.1. The first-order valence-corrected chi connectivity index (χ1v) is 7.69. The van der Waals surface area contributed by atoms with Crippen LogP contribution in [0.3, 0.4) is 0 Å². The maximum atomic E-state index is 11.7. The summed E-state index contributed by atoms with van der Waals surface area (Å²) >= 11 is 0. The topological polar surface area (TPSA) is 66.0 Å². The minimum Gasteiger partial charge on any atom is -0.495 e. The maximum absolute atomic E-state index is 11.7. The van der Waals surface area contributed by atoms with Crippen molar-refractivity contribution in [1.29, 1.82) is 0 Å². The van der Waals surface area contributed by atoms with Gasteiger partial charge in [0, 0.05) is 31.9 Å². The molecule has 0 spiro atoms. The molecule has 2 N–H and O–H groups in total. The number of anilines is 1. The quantitative estimate of drug-likeness (QED) is 0.318. The van der Waals surface area contributed by atoms with Crippen LogP contribution in [-0.2, 0) is 4.74 Å². The highest BCUT2D eigenvalue weighted by atomic mass is 16.5. The van der Waals surface area contributed by atoms with Gasteiger partial charge in [-0.15, -0.1) is 0 Å². The van der Waals surface area contributed by atoms with Crippen LogP contribution in [0.5, 0.6) is 0 Å². The van der Waals surface area contributed by atoms with E-state index in [4.69, 9.17) is 4.74 Å². The number of rotatable bonds is 9. The lowest BCUT2D eigenvalue weighted by Gasteiger charge is -2.12. The fraction of sp³-hybridized carbons (Fsp3) is 0.412. The molecule has 1 aromatic carbocycles. The van der Waals surface area contributed by atoms with E-state index in [1.165, 1.54) is 6.26 Å². The first-order chi connectivity index (χ1) is 11.1. The zero-order chi connectivity index (χ0) is 17.1. The number of benzene rings is 1. The lowest BCUT2D eigenvalue weighted by molar-refractivity contribution is 0.252. The summed E-state index contributed by atoms with van der Waals surface area (Å²) in [6.45, 7) is 6.64. The van der Waals surface area contributed by atoms with E-state index in [0.29, 0.717) is 13.2 Å². The van der Waals surface area contributed by atoms with Crippen LogP contribution < -0.4 is 10.6 Å². The second kappa shape index (κ2) is 10.3. The molecule has 0 saturated carbocycles. The van der Waals surface area contributed by atoms with Crippen LogP contribution in [0, 0.1) is 0 Å². The molecule has 23 heavy (non-hydrogen) atoms. The predicted octanol–water partition coefficient (Wildman–Crippen LogP) is 3.03. The Labute approximate surface area is 138 Å². The highest BCUT2D eigenvalue weighted by Crippen LogP contribution is 2.11. The van der Waals surface area contributed by atoms with E-state index in [9.17, 15) is 4.79 Å². The molecule has 1 aromatic rings. The van der Waals surface area contributed by atoms with Crippen molar-refractivity contribution in [2.45, 2.75) is 19.8 Å². The summed E-state index contributed by atoms with van der Waals surface area (Å²) in [5.74, 6) is 0. The Kier molecular flexibility index (Phi) is 8.28. The molecule has 0 bridgehead atoms. The molecule has 0 radical (unpaired) electrons. The first-order valence-electron chi connectivity index (χ1n) is 7.69. The molecule has 0 heterocycles. The van der Waals surface area contributed by atoms with Gasteiger partial charge in [-0.3, -0.25) is 0 Å². The van der Waals surface area contributed by atoms with Gasteiger partial charge in [-0.05, 0) is 18.6 Å². The lowest BCUT2D eigenvalue weighted by atomic mass is 10.1. The molecule has 0 fully saturated rings. The Hall–Kier alpha value is -2.50. The van der Waals surface area contributed by atoms with Gasteiger partial charge in [0.1, 0.15) is 12.3 Å². The molecule has 0 aliphatic carbocycles. The summed E-state index contributed by atoms with van der Waals surface area (Å²) < 4.78 is 5.23. The van der Waals surface area contributed by atoms with Crippen molar-refractivity contribution in [3.63, 3.8) is 0 Å². The van der Waals surface area contributed by atoms with E-state index in [-0.39, 0.29) is 6.03 Å². The molecular formula is C17H26N4O2. The van der Waals surface area contributed by atoms with E-state index in [1.54, 1.807) is 5.01 Å². The number of nitrogens with zero attached hydrogens (tertiary/aromatic N) is 2. The van der Waals surface area contributed by atoms with Crippen molar-refractivity contribution in [1.82, 2.24) is 10.3 Å². The Morgan fingerprint density at radius 1 is 1.35 bits per heavy atom. The molecule has 126 valence electrons. The number of carbonyl (C=O) groups excluding carboxylic acids is 1. The normalized spacial score (nSPS) is 10.8. The molecule has 2 amide bonds. The van der Waals surface area contributed by atoms with Crippen LogP contribution in [0.25, 0.3) is 0 Å². The van der Waals surface area contributed by atoms with Gasteiger partial charge in [0.25, 0.3) is 0 Å². The number of nitrogens with one attached hydrogen (secondary N) is 2. The average molecular weight is 318 g/mol. The van der Waals surface area contributed by atoms with Crippen molar-refractivity contribution < 1.29 is 9.53 Å². The van der Waals surface area contributed by atoms with Gasteiger partial charge in [0.15, 0.2) is 0 Å². The molecule has 0 atom stereocenters. The van der Waals surface area contributed by atoms with Gasteiger partial charge in [-0.25, -0.2) is 4.79 Å². The number of carbonyl (C=O) groups is 1. The van der Waals surface area contributed by atoms with Gasteiger partial charge in [-0.1, -0.05) is 32.1 Å². The fourth-order valence-electron chi connectivity index (χ4n) is 1.85. The third-order valence-corrected chi connectivity index (χ3v) is 2.95. The molecule has 6 nitrogen and oxygen atoms in total. The molecular weight excluding hydrogens is 292 g/mol. The lowest BCUT2D eigenvalue weighted by Crippen LogP contribution is -2.29. The number of hydrogen-bond acceptors (Lipinski definition) is 4. The molecule has 0 aliphatic rings. The second-order valence-electron chi connectivity index (χ2n) is 5.18. The fourth-order valence-corrected chi connectivity index (χ4v) is 1.85. The van der Waals surface area contributed by atoms with Crippen LogP contribution in [0.15, 0.2) is 42.2 Å². The van der Waals surface area contributed by atoms with Gasteiger partial charge in [0.05, 0.1) is 6.26 Å². The van der Waals surface area contributed by atoms with Crippen molar-refractivity contribution in [3.05, 3.63) is 42.7 Å². The molecule has 0 aliphatic heterocycles. The maximum Gasteiger partial charge on any atom is 0.319 e. The van der Waals surface area contributed by atoms with Gasteiger partial charge in [0.2, 0.25) is 0 Å². The number of hydrogen-bond donors (Lipinski definition) is 2. The van der Waals surface area contributed by atoms with E-state index in [2.05, 4.69) is 29.2 Å². The van der Waals surface area contributed by atoms with Crippen LogP contribution in [0.2, 0.25) is 0 Å². The smallest absolute Gasteiger partial charge is 0.319 e. The number of hydrazone groups is 1. The SMILES string of the molecule is C=COC/C(=N\N(C)C)c1ccc(NC(=O)NCCCC)cc1. The number of ether oxygens (including phenoxy) is 1. The highest BCUT2D eigenvalue weighted by Gasteiger charge is 2.06. The number of urea groups is 1. The van der Waals surface area contributed by atoms with Crippen LogP contribution >= 0.6 is 0 Å². The van der Waals surface area contributed by atoms with Crippen LogP contribution in [-0.4, -0.2) is 44.0 Å². The van der Waals surface area contributed by atoms with E-state index < -0.39 is 0 Å². The molecule has 1 rings (SSSR count). The Bertz CT molecular complexity index is 524. The van der Waals surface area contributed by atoms with Crippen LogP contribution in [0.4, 0.5) is 10.5 Å². The third-order valence-electron chi connectivity index (χ3n) is 2.95. The van der Waals surface area contributed by atoms with E-state index in [1.807, 2.05) is 38.4 Å². The minimum absolute atomic E-state index is 0.191. The number of unbranched alkanes of at least 4 members (excludes halogenated alkanes) is 1. The van der Waals surface area contributed by atoms with Crippen molar-refractivity contribution >= 4 is 17.4 Å². The zero-order valence-electron chi connectivity index (χ0n) is 14.1. The summed E-state index contributed by atoms with van der Waals surface area (Å²) in [5.41, 5.74) is 2.45. The van der Waals surface area contributed by atoms with E-state index in [0.717, 1.165) is 29.8 Å². The molecule has 0 aromatic heterocycles. The largest absolute Gasteiger partial charge is 0.495 e. The predicted molar refractivity (Wildman–Crippen MR) is 94.7 cm³/mol. The summed E-state index contributed by atoms with van der Waals surface area (Å²) in [6.07, 6.45) is 3.41. The number of amides is 2. The summed E-state index contributed by atoms with van der Waals surface area (Å²) in [5, 5.41) is 11.7. The third kappa shape index (κ3) is 7.35. The van der Waals surface area contributed by atoms with Crippen LogP contribution in [0.1, 0.15) is 25.3 Å². The summed E-state index contributed by atoms with van der Waals surface area (Å²) in [7, 11) is 3.70. The molecule has 0 saturated heterocycles. The monoisotopic (exact) mass is 318 g/mol. The van der Waals surface area contributed by atoms with E-state index >= 15 is 0 Å².